The smallest absolute Gasteiger partial charge is 0.407 e. The fourth-order valence-corrected chi connectivity index (χ4v) is 7.61. The van der Waals surface area contributed by atoms with Crippen LogP contribution < -0.4 is 21.3 Å². The molecule has 2 fully saturated rings. The zero-order valence-corrected chi connectivity index (χ0v) is 27.9. The van der Waals surface area contributed by atoms with E-state index in [-0.39, 0.29) is 53.7 Å². The highest BCUT2D eigenvalue weighted by Gasteiger charge is 2.43. The van der Waals surface area contributed by atoms with Gasteiger partial charge in [0.2, 0.25) is 12.8 Å². The molecule has 0 radical (unpaired) electrons. The molecule has 4 atom stereocenters. The van der Waals surface area contributed by atoms with Crippen LogP contribution >= 0.6 is 0 Å². The summed E-state index contributed by atoms with van der Waals surface area (Å²) in [4.78, 5) is 61.1. The number of nitrogens with one attached hydrogen (secondary N) is 4. The Morgan fingerprint density at radius 2 is 1.22 bits per heavy atom. The Labute approximate surface area is 267 Å². The van der Waals surface area contributed by atoms with Gasteiger partial charge in [0.25, 0.3) is 0 Å². The van der Waals surface area contributed by atoms with Gasteiger partial charge in [-0.25, -0.2) is 24.2 Å². The first kappa shape index (κ1) is 37.7. The molecule has 0 aromatic rings. The van der Waals surface area contributed by atoms with Crippen LogP contribution in [0.15, 0.2) is 25.6 Å². The van der Waals surface area contributed by atoms with Crippen LogP contribution in [0.5, 0.6) is 0 Å². The van der Waals surface area contributed by atoms with E-state index in [1.165, 1.54) is 12.4 Å². The second-order valence-electron chi connectivity index (χ2n) is 14.8. The largest absolute Gasteiger partial charge is 0.447 e. The van der Waals surface area contributed by atoms with E-state index in [0.29, 0.717) is 32.3 Å². The van der Waals surface area contributed by atoms with Crippen molar-refractivity contribution in [3.8, 4) is 0 Å². The predicted octanol–water partition coefficient (Wildman–Crippen LogP) is 4.07. The molecule has 0 heterocycles. The van der Waals surface area contributed by atoms with Crippen LogP contribution in [0.25, 0.3) is 0 Å². The van der Waals surface area contributed by atoms with Crippen molar-refractivity contribution in [2.45, 2.75) is 92.2 Å². The molecule has 0 aliphatic heterocycles. The van der Waals surface area contributed by atoms with E-state index in [2.05, 4.69) is 76.0 Å². The van der Waals surface area contributed by atoms with E-state index in [1.54, 1.807) is 0 Å². The van der Waals surface area contributed by atoms with Crippen LogP contribution in [0, 0.1) is 21.7 Å². The first-order chi connectivity index (χ1) is 21.0. The van der Waals surface area contributed by atoms with Gasteiger partial charge < -0.3 is 25.4 Å². The molecule has 254 valence electrons. The van der Waals surface area contributed by atoms with E-state index in [0.717, 1.165) is 41.9 Å². The monoisotopic (exact) mass is 634 g/mol. The van der Waals surface area contributed by atoms with Crippen molar-refractivity contribution in [3.63, 3.8) is 0 Å². The minimum atomic E-state index is -0.537. The maximum atomic E-state index is 12.4. The van der Waals surface area contributed by atoms with Crippen molar-refractivity contribution in [1.82, 2.24) is 31.1 Å². The molecular weight excluding hydrogens is 580 g/mol. The molecule has 0 aromatic carbocycles. The van der Waals surface area contributed by atoms with Gasteiger partial charge >= 0.3 is 18.2 Å². The average Bonchev–Trinajstić information content (AvgIpc) is 2.90. The molecule has 0 spiro atoms. The lowest BCUT2D eigenvalue weighted by Gasteiger charge is -2.47. The van der Waals surface area contributed by atoms with Crippen molar-refractivity contribution >= 4 is 31.0 Å². The van der Waals surface area contributed by atoms with Crippen molar-refractivity contribution < 1.29 is 33.4 Å². The highest BCUT2D eigenvalue weighted by atomic mass is 16.6. The van der Waals surface area contributed by atoms with Crippen LogP contribution in [-0.2, 0) is 19.1 Å². The number of carbonyl (C=O) groups excluding carboxylic acids is 5. The van der Waals surface area contributed by atoms with Gasteiger partial charge in [0.15, 0.2) is 0 Å². The van der Waals surface area contributed by atoms with Crippen molar-refractivity contribution in [1.29, 1.82) is 0 Å². The highest BCUT2D eigenvalue weighted by molar-refractivity contribution is 5.86. The number of urea groups is 2. The molecule has 2 rings (SSSR count). The topological polar surface area (TPSA) is 158 Å². The third-order valence-corrected chi connectivity index (χ3v) is 8.51. The number of hydrogen-bond acceptors (Lipinski definition) is 8. The summed E-state index contributed by atoms with van der Waals surface area (Å²) in [6.45, 7) is 21.4. The normalized spacial score (nSPS) is 26.8. The van der Waals surface area contributed by atoms with Gasteiger partial charge in [0.1, 0.15) is 6.61 Å². The number of amides is 7. The lowest BCUT2D eigenvalue weighted by atomic mass is 9.62. The van der Waals surface area contributed by atoms with Crippen LogP contribution in [0.1, 0.15) is 80.1 Å². The minimum absolute atomic E-state index is 0.00273. The first-order valence-corrected chi connectivity index (χ1v) is 15.5. The van der Waals surface area contributed by atoms with Gasteiger partial charge in [0, 0.05) is 37.6 Å². The molecule has 0 saturated heterocycles. The zero-order valence-electron chi connectivity index (χ0n) is 27.9. The molecule has 4 unspecified atom stereocenters. The van der Waals surface area contributed by atoms with E-state index in [9.17, 15) is 24.0 Å². The molecular formula is C32H54N6O7. The molecule has 4 N–H and O–H groups in total. The molecule has 0 aromatic heterocycles. The Kier molecular flexibility index (Phi) is 13.6. The maximum Gasteiger partial charge on any atom is 0.407 e. The number of rotatable bonds is 15. The third-order valence-electron chi connectivity index (χ3n) is 8.51. The summed E-state index contributed by atoms with van der Waals surface area (Å²) < 4.78 is 10.9. The number of imide groups is 2. The van der Waals surface area contributed by atoms with Gasteiger partial charge in [-0.05, 0) is 60.2 Å². The number of alkyl carbamates (subject to hydrolysis) is 1. The second kappa shape index (κ2) is 16.2. The molecule has 0 bridgehead atoms. The Morgan fingerprint density at radius 3 is 1.67 bits per heavy atom. The first-order valence-electron chi connectivity index (χ1n) is 15.5. The summed E-state index contributed by atoms with van der Waals surface area (Å²) in [5, 5.41) is 12.0. The summed E-state index contributed by atoms with van der Waals surface area (Å²) >= 11 is 0. The van der Waals surface area contributed by atoms with E-state index >= 15 is 0 Å². The SMILES string of the molecule is C=CN(C=O)C(=O)NC1CC(C)(C)CC(C)(CNCOCCOC(=O)NCC2(C)CC(NC(=O)N(C=C)C=O)CC(C)(C)C2)C1. The Morgan fingerprint density at radius 1 is 0.756 bits per heavy atom. The Bertz CT molecular complexity index is 1070. The average molecular weight is 635 g/mol. The summed E-state index contributed by atoms with van der Waals surface area (Å²) in [6.07, 6.45) is 7.40. The standard InChI is InChI=1S/C32H54N6O7/c1-9-37(22-39)26(41)35-24-13-29(3,4)17-31(7,15-24)19-33-21-44-11-12-45-28(43)34-20-32(8)16-25(14-30(5,6)18-32)36-27(42)38(10-2)23-40/h9-10,22-25,33H,1-2,11-21H2,3-8H3,(H,34,43)(H,35,41)(H,36,42). The van der Waals surface area contributed by atoms with Gasteiger partial charge in [-0.2, -0.15) is 0 Å². The van der Waals surface area contributed by atoms with Crippen molar-refractivity contribution in [2.75, 3.05) is 33.0 Å². The summed E-state index contributed by atoms with van der Waals surface area (Å²) in [7, 11) is 0. The van der Waals surface area contributed by atoms with Gasteiger partial charge in [0.05, 0.1) is 13.3 Å². The van der Waals surface area contributed by atoms with E-state index in [4.69, 9.17) is 9.47 Å². The number of ether oxygens (including phenoxy) is 2. The van der Waals surface area contributed by atoms with E-state index in [1.807, 2.05) is 0 Å². The molecule has 7 amide bonds. The van der Waals surface area contributed by atoms with Crippen LogP contribution in [0.4, 0.5) is 14.4 Å². The zero-order chi connectivity index (χ0) is 33.9. The molecule has 45 heavy (non-hydrogen) atoms. The van der Waals surface area contributed by atoms with Gasteiger partial charge in [-0.15, -0.1) is 0 Å². The fourth-order valence-electron chi connectivity index (χ4n) is 7.61. The summed E-state index contributed by atoms with van der Waals surface area (Å²) in [5.74, 6) is 0. The quantitative estimate of drug-likeness (QED) is 0.119. The molecule has 13 heteroatoms. The molecule has 13 nitrogen and oxygen atoms in total. The molecule has 2 aliphatic carbocycles. The summed E-state index contributed by atoms with van der Waals surface area (Å²) in [6, 6.07) is -1.25. The van der Waals surface area contributed by atoms with Crippen LogP contribution in [0.2, 0.25) is 0 Å². The Balaban J connectivity index is 1.72. The van der Waals surface area contributed by atoms with Crippen LogP contribution in [0.3, 0.4) is 0 Å². The number of nitrogens with zero attached hydrogens (tertiary/aromatic N) is 2. The fraction of sp³-hybridized carbons (Fsp3) is 0.719. The van der Waals surface area contributed by atoms with E-state index < -0.39 is 18.2 Å². The second-order valence-corrected chi connectivity index (χ2v) is 14.8. The number of hydrogen-bond donors (Lipinski definition) is 4. The summed E-state index contributed by atoms with van der Waals surface area (Å²) in [5.41, 5.74) is -0.480. The maximum absolute atomic E-state index is 12.4. The molecule has 2 aliphatic rings. The minimum Gasteiger partial charge on any atom is -0.447 e. The third kappa shape index (κ3) is 12.5. The van der Waals surface area contributed by atoms with Crippen LogP contribution in [-0.4, -0.2) is 85.9 Å². The predicted molar refractivity (Wildman–Crippen MR) is 170 cm³/mol. The lowest BCUT2D eigenvalue weighted by molar-refractivity contribution is -0.114. The van der Waals surface area contributed by atoms with Crippen molar-refractivity contribution in [3.05, 3.63) is 25.6 Å². The lowest BCUT2D eigenvalue weighted by Crippen LogP contribution is -2.52. The van der Waals surface area contributed by atoms with Gasteiger partial charge in [-0.3, -0.25) is 14.9 Å². The van der Waals surface area contributed by atoms with Crippen molar-refractivity contribution in [2.24, 2.45) is 21.7 Å². The highest BCUT2D eigenvalue weighted by Crippen LogP contribution is 2.46. The Hall–Kier alpha value is -3.45. The number of carbonyl (C=O) groups is 5. The molecule has 2 saturated carbocycles. The van der Waals surface area contributed by atoms with Gasteiger partial charge in [-0.1, -0.05) is 54.7 Å².